The number of fused-ring (bicyclic) bond motifs is 2. The molecule has 3 heteroatoms. The van der Waals surface area contributed by atoms with Gasteiger partial charge in [0.05, 0.1) is 12.1 Å². The molecule has 2 aliphatic heterocycles. The van der Waals surface area contributed by atoms with Crippen LogP contribution in [-0.4, -0.2) is 28.7 Å². The zero-order chi connectivity index (χ0) is 11.2. The van der Waals surface area contributed by atoms with E-state index in [1.807, 2.05) is 4.90 Å². The van der Waals surface area contributed by atoms with Crippen LogP contribution in [0.5, 0.6) is 0 Å². The van der Waals surface area contributed by atoms with E-state index in [1.165, 1.54) is 19.3 Å². The van der Waals surface area contributed by atoms with Crippen LogP contribution in [0.4, 0.5) is 0 Å². The highest BCUT2D eigenvalue weighted by Gasteiger charge is 2.58. The largest absolute Gasteiger partial charge is 0.353 e. The minimum absolute atomic E-state index is 0.131. The van der Waals surface area contributed by atoms with Crippen molar-refractivity contribution in [2.45, 2.75) is 56.7 Å². The maximum absolute atomic E-state index is 12.1. The minimum atomic E-state index is -0.269. The number of ether oxygens (including phenoxy) is 1. The average Bonchev–Trinajstić information content (AvgIpc) is 2.81. The molecule has 1 saturated heterocycles. The predicted octanol–water partition coefficient (Wildman–Crippen LogP) is 2.22. The summed E-state index contributed by atoms with van der Waals surface area (Å²) >= 11 is 0. The topological polar surface area (TPSA) is 29.5 Å². The van der Waals surface area contributed by atoms with Crippen molar-refractivity contribution in [1.29, 1.82) is 0 Å². The van der Waals surface area contributed by atoms with Crippen LogP contribution in [0.3, 0.4) is 0 Å². The second kappa shape index (κ2) is 3.33. The van der Waals surface area contributed by atoms with E-state index in [2.05, 4.69) is 13.0 Å². The van der Waals surface area contributed by atoms with Crippen LogP contribution < -0.4 is 0 Å². The van der Waals surface area contributed by atoms with Crippen molar-refractivity contribution in [3.63, 3.8) is 0 Å². The van der Waals surface area contributed by atoms with Crippen molar-refractivity contribution in [3.05, 3.63) is 12.2 Å². The first kappa shape index (κ1) is 10.3. The Kier molecular flexibility index (Phi) is 2.15. The molecule has 2 fully saturated rings. The van der Waals surface area contributed by atoms with E-state index >= 15 is 0 Å². The summed E-state index contributed by atoms with van der Waals surface area (Å²) in [6.07, 6.45) is 10.4. The summed E-state index contributed by atoms with van der Waals surface area (Å²) in [5, 5.41) is 0. The monoisotopic (exact) mass is 221 g/mol. The molecule has 3 nitrogen and oxygen atoms in total. The van der Waals surface area contributed by atoms with Gasteiger partial charge < -0.3 is 4.74 Å². The highest BCUT2D eigenvalue weighted by atomic mass is 16.5. The van der Waals surface area contributed by atoms with Crippen LogP contribution in [-0.2, 0) is 9.53 Å². The van der Waals surface area contributed by atoms with Gasteiger partial charge in [0.25, 0.3) is 0 Å². The summed E-state index contributed by atoms with van der Waals surface area (Å²) in [5.41, 5.74) is -0.400. The molecular weight excluding hydrogens is 202 g/mol. The van der Waals surface area contributed by atoms with Crippen LogP contribution in [0.15, 0.2) is 12.2 Å². The lowest BCUT2D eigenvalue weighted by molar-refractivity contribution is -0.152. The van der Waals surface area contributed by atoms with Gasteiger partial charge in [-0.1, -0.05) is 19.4 Å². The van der Waals surface area contributed by atoms with Crippen molar-refractivity contribution in [2.75, 3.05) is 6.61 Å². The molecule has 2 heterocycles. The van der Waals surface area contributed by atoms with Gasteiger partial charge in [-0.25, -0.2) is 0 Å². The molecule has 1 unspecified atom stereocenters. The highest BCUT2D eigenvalue weighted by molar-refractivity contribution is 5.92. The van der Waals surface area contributed by atoms with Gasteiger partial charge in [0.1, 0.15) is 5.72 Å². The lowest BCUT2D eigenvalue weighted by atomic mass is 9.88. The smallest absolute Gasteiger partial charge is 0.249 e. The standard InChI is InChI=1S/C13H19NO2/c1-2-12-9-6-11(15)14(12)13(16-10-12)7-4-3-5-8-13/h6,9H,2-5,7-8,10H2,1H3. The fraction of sp³-hybridized carbons (Fsp3) is 0.769. The molecule has 88 valence electrons. The van der Waals surface area contributed by atoms with Crippen molar-refractivity contribution in [2.24, 2.45) is 0 Å². The quantitative estimate of drug-likeness (QED) is 0.679. The first-order valence-corrected chi connectivity index (χ1v) is 6.40. The van der Waals surface area contributed by atoms with Crippen molar-refractivity contribution in [1.82, 2.24) is 4.90 Å². The molecule has 0 aromatic rings. The van der Waals surface area contributed by atoms with Crippen LogP contribution in [0.25, 0.3) is 0 Å². The normalized spacial score (nSPS) is 36.1. The van der Waals surface area contributed by atoms with Gasteiger partial charge in [-0.05, 0) is 32.1 Å². The van der Waals surface area contributed by atoms with E-state index < -0.39 is 0 Å². The number of amides is 1. The van der Waals surface area contributed by atoms with E-state index in [0.717, 1.165) is 19.3 Å². The number of rotatable bonds is 1. The summed E-state index contributed by atoms with van der Waals surface area (Å²) in [5.74, 6) is 0.154. The number of nitrogens with zero attached hydrogens (tertiary/aromatic N) is 1. The average molecular weight is 221 g/mol. The number of carbonyl (C=O) groups excluding carboxylic acids is 1. The molecule has 0 aromatic carbocycles. The van der Waals surface area contributed by atoms with Gasteiger partial charge in [-0.15, -0.1) is 0 Å². The molecule has 0 aromatic heterocycles. The van der Waals surface area contributed by atoms with Crippen LogP contribution in [0, 0.1) is 0 Å². The molecule has 3 rings (SSSR count). The Balaban J connectivity index is 1.97. The maximum Gasteiger partial charge on any atom is 0.249 e. The molecule has 1 saturated carbocycles. The Bertz CT molecular complexity index is 344. The molecule has 3 aliphatic rings. The van der Waals surface area contributed by atoms with Gasteiger partial charge in [0.15, 0.2) is 0 Å². The summed E-state index contributed by atoms with van der Waals surface area (Å²) in [6.45, 7) is 2.83. The van der Waals surface area contributed by atoms with E-state index in [1.54, 1.807) is 6.08 Å². The summed E-state index contributed by atoms with van der Waals surface area (Å²) in [6, 6.07) is 0. The van der Waals surface area contributed by atoms with E-state index in [9.17, 15) is 4.79 Å². The predicted molar refractivity (Wildman–Crippen MR) is 60.8 cm³/mol. The third kappa shape index (κ3) is 1.15. The van der Waals surface area contributed by atoms with Gasteiger partial charge in [-0.3, -0.25) is 9.69 Å². The first-order valence-electron chi connectivity index (χ1n) is 6.40. The Morgan fingerprint density at radius 3 is 2.81 bits per heavy atom. The minimum Gasteiger partial charge on any atom is -0.353 e. The van der Waals surface area contributed by atoms with Crippen molar-refractivity contribution < 1.29 is 9.53 Å². The Morgan fingerprint density at radius 2 is 2.12 bits per heavy atom. The Hall–Kier alpha value is -0.830. The van der Waals surface area contributed by atoms with E-state index in [4.69, 9.17) is 4.74 Å². The molecule has 16 heavy (non-hydrogen) atoms. The van der Waals surface area contributed by atoms with Gasteiger partial charge in [0, 0.05) is 6.08 Å². The third-order valence-electron chi connectivity index (χ3n) is 4.45. The van der Waals surface area contributed by atoms with Crippen molar-refractivity contribution >= 4 is 5.91 Å². The lowest BCUT2D eigenvalue weighted by Gasteiger charge is -2.42. The Labute approximate surface area is 96.4 Å². The summed E-state index contributed by atoms with van der Waals surface area (Å²) < 4.78 is 6.07. The molecule has 1 amide bonds. The summed E-state index contributed by atoms with van der Waals surface area (Å²) in [4.78, 5) is 14.1. The zero-order valence-corrected chi connectivity index (χ0v) is 9.87. The highest BCUT2D eigenvalue weighted by Crippen LogP contribution is 2.48. The van der Waals surface area contributed by atoms with E-state index in [-0.39, 0.29) is 17.2 Å². The van der Waals surface area contributed by atoms with E-state index in [0.29, 0.717) is 6.61 Å². The van der Waals surface area contributed by atoms with Crippen LogP contribution in [0.2, 0.25) is 0 Å². The van der Waals surface area contributed by atoms with Gasteiger partial charge >= 0.3 is 0 Å². The Morgan fingerprint density at radius 1 is 1.38 bits per heavy atom. The number of hydrogen-bond acceptors (Lipinski definition) is 2. The number of carbonyl (C=O) groups is 1. The maximum atomic E-state index is 12.1. The van der Waals surface area contributed by atoms with Crippen LogP contribution in [0.1, 0.15) is 45.4 Å². The summed E-state index contributed by atoms with van der Waals surface area (Å²) in [7, 11) is 0. The second-order valence-electron chi connectivity index (χ2n) is 5.26. The molecule has 0 bridgehead atoms. The third-order valence-corrected chi connectivity index (χ3v) is 4.45. The number of hydrogen-bond donors (Lipinski definition) is 0. The van der Waals surface area contributed by atoms with Gasteiger partial charge in [0.2, 0.25) is 5.91 Å². The van der Waals surface area contributed by atoms with Crippen LogP contribution >= 0.6 is 0 Å². The molecule has 1 atom stereocenters. The van der Waals surface area contributed by atoms with Crippen molar-refractivity contribution in [3.8, 4) is 0 Å². The second-order valence-corrected chi connectivity index (χ2v) is 5.26. The zero-order valence-electron chi connectivity index (χ0n) is 9.87. The first-order chi connectivity index (χ1) is 7.72. The fourth-order valence-corrected chi connectivity index (χ4v) is 3.49. The SMILES string of the molecule is CCC12C=CC(=O)N1C1(CCCCC1)OC2. The molecule has 0 radical (unpaired) electrons. The molecule has 0 N–H and O–H groups in total. The molecule has 1 spiro atoms. The lowest BCUT2D eigenvalue weighted by Crippen LogP contribution is -2.54. The molecule has 1 aliphatic carbocycles. The fourth-order valence-electron chi connectivity index (χ4n) is 3.49. The van der Waals surface area contributed by atoms with Gasteiger partial charge in [-0.2, -0.15) is 0 Å². The molecular formula is C13H19NO2.